The number of morpholine rings is 1. The first kappa shape index (κ1) is 43.7. The molecule has 2 bridgehead atoms. The van der Waals surface area contributed by atoms with Crippen molar-refractivity contribution in [2.24, 2.45) is 11.3 Å². The first-order valence-electron chi connectivity index (χ1n) is 23.0. The van der Waals surface area contributed by atoms with E-state index in [2.05, 4.69) is 55.5 Å². The predicted molar refractivity (Wildman–Crippen MR) is 256 cm³/mol. The van der Waals surface area contributed by atoms with Crippen LogP contribution in [0, 0.1) is 21.4 Å². The van der Waals surface area contributed by atoms with E-state index < -0.39 is 25.7 Å². The molecule has 1 amide bonds. The number of sulfonamides is 1. The van der Waals surface area contributed by atoms with Gasteiger partial charge in [0.2, 0.25) is 0 Å². The van der Waals surface area contributed by atoms with Crippen molar-refractivity contribution in [3.8, 4) is 11.4 Å². The van der Waals surface area contributed by atoms with Crippen LogP contribution in [-0.4, -0.2) is 120 Å². The van der Waals surface area contributed by atoms with Crippen LogP contribution in [0.25, 0.3) is 33.3 Å². The zero-order chi connectivity index (χ0) is 46.2. The molecule has 18 heteroatoms. The van der Waals surface area contributed by atoms with Crippen LogP contribution in [0.1, 0.15) is 61.0 Å². The lowest BCUT2D eigenvalue weighted by atomic mass is 9.72. The van der Waals surface area contributed by atoms with Gasteiger partial charge >= 0.3 is 0 Å². The summed E-state index contributed by atoms with van der Waals surface area (Å²) in [4.78, 5) is 42.0. The summed E-state index contributed by atoms with van der Waals surface area (Å²) in [6.07, 6.45) is 8.17. The number of halogens is 1. The van der Waals surface area contributed by atoms with E-state index in [9.17, 15) is 23.3 Å². The number of benzene rings is 3. The van der Waals surface area contributed by atoms with Gasteiger partial charge in [-0.05, 0) is 91.1 Å². The number of H-pyrrole nitrogens is 1. The van der Waals surface area contributed by atoms with Gasteiger partial charge in [-0.25, -0.2) is 23.1 Å². The molecule has 3 saturated heterocycles. The molecular formula is C49H52ClN9O7S. The highest BCUT2D eigenvalue weighted by molar-refractivity contribution is 7.90. The quantitative estimate of drug-likeness (QED) is 0.0973. The number of nitrogens with one attached hydrogen (secondary N) is 2. The van der Waals surface area contributed by atoms with Crippen LogP contribution in [0.15, 0.2) is 89.6 Å². The number of nitro benzene ring substituents is 1. The summed E-state index contributed by atoms with van der Waals surface area (Å²) in [5.74, 6) is -0.788. The number of nitrogens with zero attached hydrogens (tertiary/aromatic N) is 7. The van der Waals surface area contributed by atoms with Crippen LogP contribution >= 0.6 is 11.6 Å². The number of rotatable bonds is 11. The molecule has 3 atom stereocenters. The number of ether oxygens (including phenoxy) is 2. The van der Waals surface area contributed by atoms with Crippen molar-refractivity contribution in [2.45, 2.75) is 63.0 Å². The summed E-state index contributed by atoms with van der Waals surface area (Å²) in [6, 6.07) is 20.0. The van der Waals surface area contributed by atoms with Crippen molar-refractivity contribution in [1.82, 2.24) is 34.3 Å². The van der Waals surface area contributed by atoms with Crippen LogP contribution in [0.4, 0.5) is 11.4 Å². The van der Waals surface area contributed by atoms with Crippen molar-refractivity contribution in [2.75, 3.05) is 63.9 Å². The van der Waals surface area contributed by atoms with Crippen LogP contribution in [0.3, 0.4) is 0 Å². The van der Waals surface area contributed by atoms with E-state index in [1.165, 1.54) is 22.8 Å². The van der Waals surface area contributed by atoms with Crippen LogP contribution in [-0.2, 0) is 21.2 Å². The molecule has 3 fully saturated rings. The van der Waals surface area contributed by atoms with Gasteiger partial charge in [0.1, 0.15) is 11.3 Å². The topological polar surface area (TPSA) is 181 Å². The maximum absolute atomic E-state index is 14.4. The molecule has 1 aliphatic carbocycles. The standard InChI is InChI=1S/C49H52ClN9O7S/c1-49(2)11-9-33(41(23-49)31-3-5-34(50)6-4-31)26-55-13-15-56(16-14-55)35-7-8-39(43(20-35)58-45-18-32-10-12-51-47(32)53-42(45)24-52-58)48(60)54-67(63,64)38-21-44(59(61)62)40-17-30(28-66-46(40)22-38)25-57-27-37-19-36(57)29-65-37/h3-8,10,12,18,20-22,24,30,36-37,52H,9,11,13-17,19,23,25-29H2,1-2H3,(H,54,60)/t30-,36+,37+/m1/s1. The molecular weight excluding hydrogens is 894 g/mol. The largest absolute Gasteiger partial charge is 0.493 e. The second-order valence-corrected chi connectivity index (χ2v) is 21.7. The summed E-state index contributed by atoms with van der Waals surface area (Å²) in [6.45, 7) is 11.2. The number of hydrogen-bond donors (Lipinski definition) is 2. The van der Waals surface area contributed by atoms with Gasteiger partial charge in [-0.1, -0.05) is 43.2 Å². The number of pyridine rings is 1. The Morgan fingerprint density at radius 3 is 2.63 bits per heavy atom. The van der Waals surface area contributed by atoms with E-state index in [4.69, 9.17) is 26.1 Å². The van der Waals surface area contributed by atoms with E-state index in [-0.39, 0.29) is 41.0 Å². The summed E-state index contributed by atoms with van der Waals surface area (Å²) in [5.41, 5.74) is 7.50. The van der Waals surface area contributed by atoms with E-state index in [0.29, 0.717) is 53.5 Å². The average molecular weight is 947 g/mol. The summed E-state index contributed by atoms with van der Waals surface area (Å²) >= 11 is 6.27. The van der Waals surface area contributed by atoms with Gasteiger partial charge < -0.3 is 14.4 Å². The molecule has 0 saturated carbocycles. The third-order valence-corrected chi connectivity index (χ3v) is 16.0. The molecule has 0 radical (unpaired) electrons. The Morgan fingerprint density at radius 1 is 1.04 bits per heavy atom. The van der Waals surface area contributed by atoms with Crippen LogP contribution in [0.5, 0.6) is 5.75 Å². The predicted octanol–water partition coefficient (Wildman–Crippen LogP) is 7.39. The van der Waals surface area contributed by atoms with Gasteiger partial charge in [-0.2, -0.15) is 0 Å². The van der Waals surface area contributed by atoms with Gasteiger partial charge in [0.15, 0.2) is 5.65 Å². The molecule has 0 unspecified atom stereocenters. The third-order valence-electron chi connectivity index (χ3n) is 14.4. The Hall–Kier alpha value is -5.85. The van der Waals surface area contributed by atoms with Crippen molar-refractivity contribution < 1.29 is 27.6 Å². The smallest absolute Gasteiger partial charge is 0.277 e. The molecule has 4 aliphatic heterocycles. The molecule has 67 heavy (non-hydrogen) atoms. The van der Waals surface area contributed by atoms with Crippen LogP contribution in [0.2, 0.25) is 5.02 Å². The van der Waals surface area contributed by atoms with Crippen molar-refractivity contribution >= 4 is 66.5 Å². The number of carbonyl (C=O) groups is 1. The Balaban J connectivity index is 0.858. The molecule has 5 aliphatic rings. The SMILES string of the molecule is CC1(C)CCC(CN2CCN(c3ccc(C(=O)NS(=O)(=O)c4cc5c(c([N+](=O)[O-])c4)C[C@H](CN4C[C@@H]6C[C@H]4CO6)CO5)c(-n4[nH]cc5nc6nccc6cc54)c3)CC2)=C(c2ccc(Cl)cc2)C1. The number of likely N-dealkylation sites (tertiary alicyclic amines) is 1. The minimum atomic E-state index is -4.64. The number of fused-ring (bicyclic) bond motifs is 5. The number of anilines is 1. The van der Waals surface area contributed by atoms with Crippen LogP contribution < -0.4 is 14.4 Å². The average Bonchev–Trinajstić information content (AvgIpc) is 4.14. The fourth-order valence-electron chi connectivity index (χ4n) is 10.8. The number of hydrogen-bond acceptors (Lipinski definition) is 12. The van der Waals surface area contributed by atoms with Gasteiger partial charge in [0.25, 0.3) is 21.6 Å². The highest BCUT2D eigenvalue weighted by Gasteiger charge is 2.41. The molecule has 2 N–H and O–H groups in total. The number of aromatic nitrogens is 4. The molecule has 11 rings (SSSR count). The van der Waals surface area contributed by atoms with Gasteiger partial charge in [-0.15, -0.1) is 0 Å². The number of carbonyl (C=O) groups excluding carboxylic acids is 1. The number of nitro groups is 1. The molecule has 0 spiro atoms. The highest BCUT2D eigenvalue weighted by Crippen LogP contribution is 2.44. The first-order valence-corrected chi connectivity index (χ1v) is 24.9. The normalized spacial score (nSPS) is 22.1. The first-order chi connectivity index (χ1) is 32.2. The Kier molecular flexibility index (Phi) is 11.1. The molecule has 348 valence electrons. The van der Waals surface area contributed by atoms with Gasteiger partial charge in [0, 0.05) is 98.4 Å². The number of aromatic amines is 1. The minimum Gasteiger partial charge on any atom is -0.493 e. The molecule has 7 heterocycles. The molecule has 3 aromatic carbocycles. The lowest BCUT2D eigenvalue weighted by Gasteiger charge is -2.39. The van der Waals surface area contributed by atoms with E-state index in [0.717, 1.165) is 87.1 Å². The number of piperazine rings is 1. The Labute approximate surface area is 393 Å². The summed E-state index contributed by atoms with van der Waals surface area (Å²) in [7, 11) is -4.64. The maximum atomic E-state index is 14.4. The molecule has 16 nitrogen and oxygen atoms in total. The lowest BCUT2D eigenvalue weighted by molar-refractivity contribution is -0.386. The second kappa shape index (κ2) is 17.0. The Bertz CT molecular complexity index is 3090. The van der Waals surface area contributed by atoms with Crippen molar-refractivity contribution in [1.29, 1.82) is 0 Å². The van der Waals surface area contributed by atoms with E-state index in [1.807, 2.05) is 36.4 Å². The van der Waals surface area contributed by atoms with Crippen molar-refractivity contribution in [3.63, 3.8) is 0 Å². The Morgan fingerprint density at radius 2 is 1.87 bits per heavy atom. The minimum absolute atomic E-state index is 0.0118. The van der Waals surface area contributed by atoms with Gasteiger partial charge in [0.05, 0.1) is 51.5 Å². The number of allylic oxidation sites excluding steroid dienone is 1. The highest BCUT2D eigenvalue weighted by atomic mass is 35.5. The van der Waals surface area contributed by atoms with E-state index >= 15 is 0 Å². The second-order valence-electron chi connectivity index (χ2n) is 19.5. The molecule has 6 aromatic rings. The number of amides is 1. The zero-order valence-corrected chi connectivity index (χ0v) is 39.0. The van der Waals surface area contributed by atoms with E-state index in [1.54, 1.807) is 23.1 Å². The summed E-state index contributed by atoms with van der Waals surface area (Å²) < 4.78 is 44.0. The maximum Gasteiger partial charge on any atom is 0.277 e. The fraction of sp³-hybridized carbons (Fsp3) is 0.408. The fourth-order valence-corrected chi connectivity index (χ4v) is 11.9. The lowest BCUT2D eigenvalue weighted by Crippen LogP contribution is -2.47. The zero-order valence-electron chi connectivity index (χ0n) is 37.4. The van der Waals surface area contributed by atoms with Crippen molar-refractivity contribution in [3.05, 3.63) is 117 Å². The summed E-state index contributed by atoms with van der Waals surface area (Å²) in [5, 5.41) is 17.3. The van der Waals surface area contributed by atoms with Gasteiger partial charge in [-0.3, -0.25) is 34.5 Å². The third kappa shape index (κ3) is 8.56. The molecule has 3 aromatic heterocycles. The monoisotopic (exact) mass is 945 g/mol.